The average Bonchev–Trinajstić information content (AvgIpc) is 2.76. The van der Waals surface area contributed by atoms with Gasteiger partial charge in [0.05, 0.1) is 16.6 Å². The maximum atomic E-state index is 13.0. The Kier molecular flexibility index (Phi) is 6.06. The summed E-state index contributed by atoms with van der Waals surface area (Å²) in [4.78, 5) is 18.7. The highest BCUT2D eigenvalue weighted by molar-refractivity contribution is 6.06. The van der Waals surface area contributed by atoms with Crippen LogP contribution in [0.5, 0.6) is 0 Å². The fourth-order valence-electron chi connectivity index (χ4n) is 4.57. The molecule has 1 fully saturated rings. The Morgan fingerprint density at radius 3 is 2.59 bits per heavy atom. The number of nitrogens with two attached hydrogens (primary N) is 1. The molecule has 4 rings (SSSR count). The van der Waals surface area contributed by atoms with E-state index in [1.165, 1.54) is 0 Å². The molecule has 0 aliphatic carbocycles. The smallest absolute Gasteiger partial charge is 0.370 e. The van der Waals surface area contributed by atoms with E-state index in [2.05, 4.69) is 15.2 Å². The first kappa shape index (κ1) is 22.1. The van der Waals surface area contributed by atoms with Gasteiger partial charge < -0.3 is 11.1 Å². The molecule has 0 radical (unpaired) electrons. The summed E-state index contributed by atoms with van der Waals surface area (Å²) < 4.78 is 38.9. The van der Waals surface area contributed by atoms with Crippen LogP contribution in [0.15, 0.2) is 54.6 Å². The molecule has 3 N–H and O–H groups in total. The topological polar surface area (TPSA) is 71.2 Å². The number of fused-ring (bicyclic) bond motifs is 1. The van der Waals surface area contributed by atoms with Gasteiger partial charge in [-0.1, -0.05) is 30.3 Å². The minimum Gasteiger partial charge on any atom is -0.370 e. The molecule has 8 heteroatoms. The van der Waals surface area contributed by atoms with E-state index in [0.29, 0.717) is 28.8 Å². The number of hydrogen-bond donors (Lipinski definition) is 2. The van der Waals surface area contributed by atoms with Crippen LogP contribution < -0.4 is 11.1 Å². The third kappa shape index (κ3) is 4.55. The lowest BCUT2D eigenvalue weighted by molar-refractivity contribution is -0.137. The Hall–Kier alpha value is -3.13. The van der Waals surface area contributed by atoms with E-state index < -0.39 is 17.6 Å². The number of halogens is 3. The molecule has 0 saturated carbocycles. The molecule has 0 bridgehead atoms. The summed E-state index contributed by atoms with van der Waals surface area (Å²) in [7, 11) is 1.99. The van der Waals surface area contributed by atoms with Crippen LogP contribution in [0, 0.1) is 5.92 Å². The van der Waals surface area contributed by atoms with Crippen LogP contribution in [0.3, 0.4) is 0 Å². The minimum atomic E-state index is -4.35. The molecule has 1 amide bonds. The molecule has 0 spiro atoms. The number of likely N-dealkylation sites (tertiary alicyclic amines) is 1. The van der Waals surface area contributed by atoms with Gasteiger partial charge in [-0.2, -0.15) is 13.2 Å². The van der Waals surface area contributed by atoms with Gasteiger partial charge in [-0.15, -0.1) is 0 Å². The zero-order valence-electron chi connectivity index (χ0n) is 17.7. The van der Waals surface area contributed by atoms with E-state index in [-0.39, 0.29) is 12.0 Å². The van der Waals surface area contributed by atoms with Crippen molar-refractivity contribution >= 4 is 22.6 Å². The van der Waals surface area contributed by atoms with Crippen LogP contribution in [-0.2, 0) is 6.18 Å². The SMILES string of the molecule is CN1CCCC(CNc2cc(C(N)=O)c3ccccc3n2)C1c1ccc(C(F)(F)F)cc1. The Bertz CT molecular complexity index is 1110. The summed E-state index contributed by atoms with van der Waals surface area (Å²) in [6.07, 6.45) is -2.42. The Morgan fingerprint density at radius 1 is 1.19 bits per heavy atom. The van der Waals surface area contributed by atoms with Crippen molar-refractivity contribution in [2.24, 2.45) is 11.7 Å². The third-order valence-electron chi connectivity index (χ3n) is 6.11. The lowest BCUT2D eigenvalue weighted by atomic mass is 9.84. The van der Waals surface area contributed by atoms with E-state index in [1.54, 1.807) is 18.2 Å². The van der Waals surface area contributed by atoms with Crippen LogP contribution >= 0.6 is 0 Å². The van der Waals surface area contributed by atoms with Crippen LogP contribution in [0.1, 0.15) is 40.4 Å². The van der Waals surface area contributed by atoms with Gasteiger partial charge in [0.15, 0.2) is 0 Å². The average molecular weight is 442 g/mol. The molecule has 2 aromatic carbocycles. The van der Waals surface area contributed by atoms with Crippen molar-refractivity contribution in [3.05, 3.63) is 71.3 Å². The normalized spacial score (nSPS) is 19.8. The van der Waals surface area contributed by atoms with Crippen molar-refractivity contribution in [3.8, 4) is 0 Å². The first-order valence-electron chi connectivity index (χ1n) is 10.5. The van der Waals surface area contributed by atoms with Gasteiger partial charge >= 0.3 is 6.18 Å². The molecule has 32 heavy (non-hydrogen) atoms. The van der Waals surface area contributed by atoms with Crippen molar-refractivity contribution in [2.45, 2.75) is 25.1 Å². The van der Waals surface area contributed by atoms with Gasteiger partial charge in [0.2, 0.25) is 5.91 Å². The monoisotopic (exact) mass is 442 g/mol. The summed E-state index contributed by atoms with van der Waals surface area (Å²) in [6, 6.07) is 14.4. The molecule has 1 saturated heterocycles. The van der Waals surface area contributed by atoms with Crippen LogP contribution in [0.2, 0.25) is 0 Å². The molecule has 2 heterocycles. The maximum Gasteiger partial charge on any atom is 0.416 e. The molecule has 2 unspecified atom stereocenters. The molecule has 2 atom stereocenters. The largest absolute Gasteiger partial charge is 0.416 e. The number of nitrogens with one attached hydrogen (secondary N) is 1. The number of para-hydroxylation sites is 1. The predicted octanol–water partition coefficient (Wildman–Crippen LogP) is 4.85. The lowest BCUT2D eigenvalue weighted by Crippen LogP contribution is -2.39. The summed E-state index contributed by atoms with van der Waals surface area (Å²) in [5.41, 5.74) is 6.85. The quantitative estimate of drug-likeness (QED) is 0.593. The first-order chi connectivity index (χ1) is 15.2. The number of benzene rings is 2. The molecule has 3 aromatic rings. The van der Waals surface area contributed by atoms with Gasteiger partial charge in [-0.3, -0.25) is 9.69 Å². The van der Waals surface area contributed by atoms with Crippen LogP contribution in [0.25, 0.3) is 10.9 Å². The fourth-order valence-corrected chi connectivity index (χ4v) is 4.57. The number of primary amides is 1. The van der Waals surface area contributed by atoms with Crippen molar-refractivity contribution < 1.29 is 18.0 Å². The highest BCUT2D eigenvalue weighted by Crippen LogP contribution is 2.37. The lowest BCUT2D eigenvalue weighted by Gasteiger charge is -2.40. The summed E-state index contributed by atoms with van der Waals surface area (Å²) in [6.45, 7) is 1.45. The standard InChI is InChI=1S/C24H25F3N4O/c1-31-12-4-5-16(22(31)15-8-10-17(11-9-15)24(25,26)27)14-29-21-13-19(23(28)32)18-6-2-3-7-20(18)30-21/h2-3,6-11,13,16,22H,4-5,12,14H2,1H3,(H2,28,32)(H,29,30). The predicted molar refractivity (Wildman–Crippen MR) is 118 cm³/mol. The number of anilines is 1. The number of amides is 1. The van der Waals surface area contributed by atoms with Crippen molar-refractivity contribution in [1.82, 2.24) is 9.88 Å². The molecule has 1 aliphatic heterocycles. The zero-order valence-corrected chi connectivity index (χ0v) is 17.7. The van der Waals surface area contributed by atoms with E-state index >= 15 is 0 Å². The van der Waals surface area contributed by atoms with Gasteiger partial charge in [0.1, 0.15) is 5.82 Å². The highest BCUT2D eigenvalue weighted by Gasteiger charge is 2.33. The van der Waals surface area contributed by atoms with E-state index in [4.69, 9.17) is 5.73 Å². The zero-order chi connectivity index (χ0) is 22.9. The van der Waals surface area contributed by atoms with E-state index in [9.17, 15) is 18.0 Å². The Labute approximate surface area is 184 Å². The maximum absolute atomic E-state index is 13.0. The summed E-state index contributed by atoms with van der Waals surface area (Å²) in [5, 5.41) is 4.03. The number of carbonyl (C=O) groups excluding carboxylic acids is 1. The number of hydrogen-bond acceptors (Lipinski definition) is 4. The number of pyridine rings is 1. The Balaban J connectivity index is 1.57. The summed E-state index contributed by atoms with van der Waals surface area (Å²) >= 11 is 0. The molecule has 168 valence electrons. The van der Waals surface area contributed by atoms with Crippen LogP contribution in [0.4, 0.5) is 19.0 Å². The summed E-state index contributed by atoms with van der Waals surface area (Å²) in [5.74, 6) is 0.194. The number of carbonyl (C=O) groups is 1. The van der Waals surface area contributed by atoms with E-state index in [0.717, 1.165) is 37.1 Å². The number of alkyl halides is 3. The van der Waals surface area contributed by atoms with Gasteiger partial charge in [-0.25, -0.2) is 4.98 Å². The van der Waals surface area contributed by atoms with Gasteiger partial charge in [0.25, 0.3) is 0 Å². The third-order valence-corrected chi connectivity index (χ3v) is 6.11. The van der Waals surface area contributed by atoms with Crippen LogP contribution in [-0.4, -0.2) is 35.9 Å². The van der Waals surface area contributed by atoms with E-state index in [1.807, 2.05) is 31.3 Å². The highest BCUT2D eigenvalue weighted by atomic mass is 19.4. The van der Waals surface area contributed by atoms with Gasteiger partial charge in [-0.05, 0) is 62.2 Å². The molecule has 1 aliphatic rings. The van der Waals surface area contributed by atoms with Crippen molar-refractivity contribution in [3.63, 3.8) is 0 Å². The number of nitrogens with zero attached hydrogens (tertiary/aromatic N) is 2. The second kappa shape index (κ2) is 8.78. The van der Waals surface area contributed by atoms with Crippen molar-refractivity contribution in [1.29, 1.82) is 0 Å². The number of aromatic nitrogens is 1. The fraction of sp³-hybridized carbons (Fsp3) is 0.333. The van der Waals surface area contributed by atoms with Gasteiger partial charge in [0, 0.05) is 18.0 Å². The number of piperidine rings is 1. The number of rotatable bonds is 5. The van der Waals surface area contributed by atoms with Crippen molar-refractivity contribution in [2.75, 3.05) is 25.5 Å². The molecular formula is C24H25F3N4O. The molecule has 1 aromatic heterocycles. The first-order valence-corrected chi connectivity index (χ1v) is 10.5. The second-order valence-electron chi connectivity index (χ2n) is 8.26. The molecular weight excluding hydrogens is 417 g/mol. The minimum absolute atomic E-state index is 0.0189. The second-order valence-corrected chi connectivity index (χ2v) is 8.26. The Morgan fingerprint density at radius 2 is 1.91 bits per heavy atom. The molecule has 5 nitrogen and oxygen atoms in total.